The van der Waals surface area contributed by atoms with Gasteiger partial charge in [0.2, 0.25) is 0 Å². The molecule has 0 aromatic carbocycles. The third kappa shape index (κ3) is 12.5. The minimum absolute atomic E-state index is 0.00516. The normalized spacial score (nSPS) is 25.1. The number of hydrogen-bond acceptors (Lipinski definition) is 16. The molecule has 2 aromatic rings. The monoisotopic (exact) mass is 852 g/mol. The Morgan fingerprint density at radius 3 is 1.72 bits per heavy atom. The lowest BCUT2D eigenvalue weighted by Gasteiger charge is -2.28. The van der Waals surface area contributed by atoms with Gasteiger partial charge >= 0.3 is 32.8 Å². The van der Waals surface area contributed by atoms with Crippen molar-refractivity contribution in [3.05, 3.63) is 65.2 Å². The zero-order valence-corrected chi connectivity index (χ0v) is 34.7. The summed E-state index contributed by atoms with van der Waals surface area (Å²) in [7, 11) is -7.29. The average Bonchev–Trinajstić information content (AvgIpc) is 3.72. The largest absolute Gasteiger partial charge is 0.468 e. The first kappa shape index (κ1) is 46.6. The number of aryl methyl sites for hydroxylation is 2. The van der Waals surface area contributed by atoms with Gasteiger partial charge in [0, 0.05) is 42.9 Å². The van der Waals surface area contributed by atoms with Gasteiger partial charge in [-0.05, 0) is 54.4 Å². The fourth-order valence-electron chi connectivity index (χ4n) is 6.25. The van der Waals surface area contributed by atoms with Crippen LogP contribution in [-0.4, -0.2) is 105 Å². The third-order valence-corrected chi connectivity index (χ3v) is 12.6. The first-order valence-electron chi connectivity index (χ1n) is 18.5. The summed E-state index contributed by atoms with van der Waals surface area (Å²) in [6, 6.07) is -1.22. The van der Waals surface area contributed by atoms with E-state index in [2.05, 4.69) is 20.1 Å². The number of unbranched alkanes of at least 4 members (excludes halogenated alkanes) is 1. The number of hydrogen-bond donors (Lipinski definition) is 6. The summed E-state index contributed by atoms with van der Waals surface area (Å²) in [5, 5.41) is 25.5. The van der Waals surface area contributed by atoms with Crippen LogP contribution in [-0.2, 0) is 46.2 Å². The van der Waals surface area contributed by atoms with Crippen LogP contribution in [0.5, 0.6) is 0 Å². The molecule has 57 heavy (non-hydrogen) atoms. The van der Waals surface area contributed by atoms with Gasteiger partial charge in [-0.2, -0.15) is 0 Å². The van der Waals surface area contributed by atoms with Gasteiger partial charge in [0.05, 0.1) is 32.5 Å². The summed E-state index contributed by atoms with van der Waals surface area (Å²) in [5.41, 5.74) is -2.10. The average molecular weight is 853 g/mol. The molecule has 2 unspecified atom stereocenters. The third-order valence-electron chi connectivity index (χ3n) is 8.91. The number of methoxy groups -OCH3 is 1. The maximum Gasteiger partial charge on any atom is 0.406 e. The quantitative estimate of drug-likeness (QED) is 0.0580. The summed E-state index contributed by atoms with van der Waals surface area (Å²) in [5.74, 6) is -0.784. The Kier molecular flexibility index (Phi) is 16.5. The number of aromatic nitrogens is 4. The summed E-state index contributed by atoms with van der Waals surface area (Å²) < 4.78 is 70.2. The molecule has 2 fully saturated rings. The van der Waals surface area contributed by atoms with Gasteiger partial charge in [-0.1, -0.05) is 6.42 Å². The Morgan fingerprint density at radius 1 is 0.825 bits per heavy atom. The van der Waals surface area contributed by atoms with Gasteiger partial charge < -0.3 is 24.4 Å². The number of rotatable bonds is 21. The molecule has 322 valence electrons. The maximum absolute atomic E-state index is 14.2. The van der Waals surface area contributed by atoms with Crippen molar-refractivity contribution in [3.8, 4) is 0 Å². The molecule has 0 amide bonds. The molecule has 9 atom stereocenters. The first-order chi connectivity index (χ1) is 26.8. The molecule has 2 aromatic heterocycles. The molecule has 4 heterocycles. The van der Waals surface area contributed by atoms with E-state index in [-0.39, 0.29) is 49.8 Å². The molecular formula is C33H54N6O16P2. The van der Waals surface area contributed by atoms with Gasteiger partial charge in [0.25, 0.3) is 11.1 Å². The Labute approximate surface area is 327 Å². The highest BCUT2D eigenvalue weighted by molar-refractivity contribution is 7.52. The molecule has 6 N–H and O–H groups in total. The van der Waals surface area contributed by atoms with Crippen LogP contribution in [0.15, 0.2) is 31.6 Å². The number of aliphatic hydroxyl groups is 2. The molecule has 0 spiro atoms. The van der Waals surface area contributed by atoms with E-state index in [4.69, 9.17) is 32.3 Å². The van der Waals surface area contributed by atoms with Crippen LogP contribution in [0.3, 0.4) is 0 Å². The lowest BCUT2D eigenvalue weighted by molar-refractivity contribution is -0.143. The highest BCUT2D eigenvalue weighted by atomic mass is 31.2. The smallest absolute Gasteiger partial charge is 0.406 e. The van der Waals surface area contributed by atoms with Crippen LogP contribution in [0.4, 0.5) is 0 Å². The number of esters is 1. The minimum atomic E-state index is -4.36. The molecule has 2 aliphatic heterocycles. The van der Waals surface area contributed by atoms with Crippen molar-refractivity contribution in [3.63, 3.8) is 0 Å². The summed E-state index contributed by atoms with van der Waals surface area (Å²) in [6.07, 6.45) is -4.10. The second-order valence-electron chi connectivity index (χ2n) is 14.3. The molecule has 2 saturated heterocycles. The predicted molar refractivity (Wildman–Crippen MR) is 202 cm³/mol. The summed E-state index contributed by atoms with van der Waals surface area (Å²) in [6.45, 7) is 8.46. The molecule has 2 aliphatic rings. The van der Waals surface area contributed by atoms with Crippen LogP contribution in [0, 0.1) is 13.8 Å². The molecule has 22 nitrogen and oxygen atoms in total. The number of nitrogens with zero attached hydrogens (tertiary/aromatic N) is 2. The predicted octanol–water partition coefficient (Wildman–Crippen LogP) is 0.991. The second-order valence-corrected chi connectivity index (χ2v) is 17.7. The van der Waals surface area contributed by atoms with E-state index >= 15 is 0 Å². The molecule has 0 bridgehead atoms. The van der Waals surface area contributed by atoms with E-state index in [0.717, 1.165) is 16.2 Å². The summed E-state index contributed by atoms with van der Waals surface area (Å²) >= 11 is 0. The highest BCUT2D eigenvalue weighted by Gasteiger charge is 2.45. The first-order valence-corrected chi connectivity index (χ1v) is 21.6. The number of aliphatic hydroxyl groups excluding tert-OH is 2. The van der Waals surface area contributed by atoms with E-state index in [1.165, 1.54) is 26.2 Å². The number of H-pyrrole nitrogens is 2. The van der Waals surface area contributed by atoms with Gasteiger partial charge in [-0.25, -0.2) is 28.9 Å². The molecule has 0 radical (unpaired) electrons. The van der Waals surface area contributed by atoms with Crippen LogP contribution in [0.25, 0.3) is 0 Å². The molecule has 0 saturated carbocycles. The SMILES string of the molecule is COC(=O)[C@H](CCCCNP(=O)(OC(C)C)O[C@H]1C[C@H](n2cc(C)c(=O)[nH]c2=O)O[C@@H]1CO)NP(=O)(OC(C)C)O[C@H]1C[C@H](n2cc(C)c(=O)[nH]c2=O)O[C@@H]1CO. The van der Waals surface area contributed by atoms with Crippen molar-refractivity contribution in [1.82, 2.24) is 29.3 Å². The minimum Gasteiger partial charge on any atom is -0.468 e. The Hall–Kier alpha value is -3.11. The Balaban J connectivity index is 1.40. The molecule has 24 heteroatoms. The van der Waals surface area contributed by atoms with Crippen molar-refractivity contribution < 1.29 is 56.4 Å². The Bertz CT molecular complexity index is 2020. The van der Waals surface area contributed by atoms with E-state index in [1.807, 2.05) is 0 Å². The van der Waals surface area contributed by atoms with E-state index in [0.29, 0.717) is 0 Å². The summed E-state index contributed by atoms with van der Waals surface area (Å²) in [4.78, 5) is 66.1. The number of ether oxygens (including phenoxy) is 3. The second kappa shape index (κ2) is 20.2. The number of aromatic amines is 2. The number of carbonyl (C=O) groups is 1. The van der Waals surface area contributed by atoms with Crippen molar-refractivity contribution in [2.45, 2.75) is 129 Å². The van der Waals surface area contributed by atoms with E-state index < -0.39 is 112 Å². The molecule has 4 rings (SSSR count). The van der Waals surface area contributed by atoms with Crippen molar-refractivity contribution >= 4 is 21.5 Å². The van der Waals surface area contributed by atoms with Gasteiger partial charge in [0.15, 0.2) is 0 Å². The van der Waals surface area contributed by atoms with Gasteiger partial charge in [0.1, 0.15) is 42.9 Å². The fourth-order valence-corrected chi connectivity index (χ4v) is 9.93. The standard InChI is InChI=1S/C33H54N6O16P2/c1-18(2)52-56(47,54-23-12-27(50-25(23)16-40)38-14-20(5)29(42)35-32(38)45)34-11-9-8-10-22(31(44)49-7)37-57(48,53-19(3)4)55-24-13-28(51-26(24)17-41)39-15-21(6)30(43)36-33(39)46/h14-15,18-19,22-28,40-41H,8-13,16-17H2,1-7H3,(H,34,47)(H,37,48)(H,35,42,45)(H,36,43,46)/t22-,23-,24-,25+,26+,27+,28+,56?,57?/m0/s1. The van der Waals surface area contributed by atoms with Crippen molar-refractivity contribution in [1.29, 1.82) is 0 Å². The molecule has 0 aliphatic carbocycles. The van der Waals surface area contributed by atoms with Crippen LogP contribution >= 0.6 is 15.5 Å². The highest BCUT2D eigenvalue weighted by Crippen LogP contribution is 2.51. The van der Waals surface area contributed by atoms with Crippen molar-refractivity contribution in [2.24, 2.45) is 0 Å². The lowest BCUT2D eigenvalue weighted by Crippen LogP contribution is -2.39. The van der Waals surface area contributed by atoms with E-state index in [9.17, 15) is 43.3 Å². The number of carbonyl (C=O) groups excluding carboxylic acids is 1. The zero-order chi connectivity index (χ0) is 42.2. The lowest BCUT2D eigenvalue weighted by atomic mass is 10.1. The fraction of sp³-hybridized carbons (Fsp3) is 0.727. The Morgan fingerprint density at radius 2 is 1.28 bits per heavy atom. The van der Waals surface area contributed by atoms with Gasteiger partial charge in [-0.3, -0.25) is 51.6 Å². The topological polar surface area (TPSA) is 290 Å². The number of nitrogens with one attached hydrogen (secondary N) is 4. The van der Waals surface area contributed by atoms with Crippen LogP contribution in [0.2, 0.25) is 0 Å². The van der Waals surface area contributed by atoms with Gasteiger partial charge in [-0.15, -0.1) is 0 Å². The maximum atomic E-state index is 14.2. The zero-order valence-electron chi connectivity index (χ0n) is 32.9. The van der Waals surface area contributed by atoms with E-state index in [1.54, 1.807) is 27.7 Å². The van der Waals surface area contributed by atoms with Crippen LogP contribution < -0.4 is 32.7 Å². The van der Waals surface area contributed by atoms with Crippen LogP contribution in [0.1, 0.15) is 83.4 Å². The molecular weight excluding hydrogens is 798 g/mol. The van der Waals surface area contributed by atoms with Crippen molar-refractivity contribution in [2.75, 3.05) is 26.9 Å².